The van der Waals surface area contributed by atoms with Gasteiger partial charge in [-0.15, -0.1) is 16.8 Å². The maximum Gasteiger partial charge on any atom is 0.339 e. The number of hydrogen-bond acceptors (Lipinski definition) is 9. The third-order valence-corrected chi connectivity index (χ3v) is 6.03. The number of amides is 1. The Morgan fingerprint density at radius 3 is 2.56 bits per heavy atom. The van der Waals surface area contributed by atoms with Crippen molar-refractivity contribution in [2.24, 2.45) is 0 Å². The van der Waals surface area contributed by atoms with E-state index in [1.807, 2.05) is 6.07 Å². The normalized spacial score (nSPS) is 10.4. The van der Waals surface area contributed by atoms with Crippen LogP contribution in [0.5, 0.6) is 5.75 Å². The van der Waals surface area contributed by atoms with E-state index in [4.69, 9.17) is 25.8 Å². The van der Waals surface area contributed by atoms with E-state index in [1.54, 1.807) is 28.8 Å². The molecule has 0 unspecified atom stereocenters. The summed E-state index contributed by atoms with van der Waals surface area (Å²) in [6.07, 6.45) is 1.67. The molecule has 0 aliphatic rings. The van der Waals surface area contributed by atoms with Crippen LogP contribution in [0.1, 0.15) is 26.5 Å². The molecule has 0 radical (unpaired) electrons. The first kappa shape index (κ1) is 26.8. The van der Waals surface area contributed by atoms with Crippen molar-refractivity contribution in [3.63, 3.8) is 0 Å². The van der Waals surface area contributed by atoms with E-state index in [1.165, 1.54) is 32.4 Å². The molecule has 1 heterocycles. The highest BCUT2D eigenvalue weighted by Gasteiger charge is 2.19. The number of thioether (sulfide) groups is 1. The minimum atomic E-state index is -0.664. The second-order valence-corrected chi connectivity index (χ2v) is 8.45. The SMILES string of the molecule is C=CCn1c(COc2ccccc2Cl)nnc1SCC(=O)Nc1cc(C(=O)OC)ccc1C(=O)OC. The van der Waals surface area contributed by atoms with Crippen LogP contribution in [0.15, 0.2) is 60.3 Å². The van der Waals surface area contributed by atoms with Gasteiger partial charge in [0.05, 0.1) is 41.8 Å². The quantitative estimate of drug-likeness (QED) is 0.222. The Labute approximate surface area is 216 Å². The zero-order chi connectivity index (χ0) is 26.1. The van der Waals surface area contributed by atoms with Crippen LogP contribution < -0.4 is 10.1 Å². The van der Waals surface area contributed by atoms with Gasteiger partial charge in [0.2, 0.25) is 5.91 Å². The zero-order valence-corrected chi connectivity index (χ0v) is 21.1. The Morgan fingerprint density at radius 2 is 1.86 bits per heavy atom. The van der Waals surface area contributed by atoms with Crippen LogP contribution >= 0.6 is 23.4 Å². The number of halogens is 1. The lowest BCUT2D eigenvalue weighted by Crippen LogP contribution is -2.18. The summed E-state index contributed by atoms with van der Waals surface area (Å²) in [6.45, 7) is 4.26. The van der Waals surface area contributed by atoms with Gasteiger partial charge in [-0.2, -0.15) is 0 Å². The first-order chi connectivity index (χ1) is 17.4. The number of rotatable bonds is 11. The maximum atomic E-state index is 12.7. The van der Waals surface area contributed by atoms with Crippen molar-refractivity contribution in [2.75, 3.05) is 25.3 Å². The first-order valence-corrected chi connectivity index (χ1v) is 11.9. The Morgan fingerprint density at radius 1 is 1.11 bits per heavy atom. The molecule has 12 heteroatoms. The van der Waals surface area contributed by atoms with Gasteiger partial charge in [-0.1, -0.05) is 41.6 Å². The monoisotopic (exact) mass is 530 g/mol. The number of esters is 2. The number of allylic oxidation sites excluding steroid dienone is 1. The van der Waals surface area contributed by atoms with Gasteiger partial charge in [0.15, 0.2) is 11.0 Å². The van der Waals surface area contributed by atoms with E-state index in [0.717, 1.165) is 11.8 Å². The van der Waals surface area contributed by atoms with E-state index in [2.05, 4.69) is 22.1 Å². The van der Waals surface area contributed by atoms with Gasteiger partial charge >= 0.3 is 11.9 Å². The third kappa shape index (κ3) is 6.64. The number of methoxy groups -OCH3 is 2. The van der Waals surface area contributed by atoms with E-state index in [9.17, 15) is 14.4 Å². The van der Waals surface area contributed by atoms with Crippen LogP contribution in [0.3, 0.4) is 0 Å². The highest BCUT2D eigenvalue weighted by molar-refractivity contribution is 7.99. The van der Waals surface area contributed by atoms with Gasteiger partial charge < -0.3 is 19.5 Å². The van der Waals surface area contributed by atoms with Crippen LogP contribution in [0.25, 0.3) is 0 Å². The van der Waals surface area contributed by atoms with Crippen molar-refractivity contribution in [2.45, 2.75) is 18.3 Å². The number of nitrogens with zero attached hydrogens (tertiary/aromatic N) is 3. The summed E-state index contributed by atoms with van der Waals surface area (Å²) in [5, 5.41) is 11.9. The van der Waals surface area contributed by atoms with Gasteiger partial charge in [-0.25, -0.2) is 9.59 Å². The minimum absolute atomic E-state index is 0.0519. The van der Waals surface area contributed by atoms with Crippen LogP contribution in [-0.4, -0.2) is 52.6 Å². The summed E-state index contributed by atoms with van der Waals surface area (Å²) >= 11 is 7.27. The molecule has 0 aliphatic carbocycles. The van der Waals surface area contributed by atoms with Crippen LogP contribution in [-0.2, 0) is 27.4 Å². The number of para-hydroxylation sites is 1. The largest absolute Gasteiger partial charge is 0.484 e. The lowest BCUT2D eigenvalue weighted by Gasteiger charge is -2.12. The molecule has 1 amide bonds. The molecule has 188 valence electrons. The molecule has 1 N–H and O–H groups in total. The fraction of sp³-hybridized carbons (Fsp3) is 0.208. The highest BCUT2D eigenvalue weighted by Crippen LogP contribution is 2.25. The van der Waals surface area contributed by atoms with Crippen molar-refractivity contribution in [1.29, 1.82) is 0 Å². The number of nitrogens with one attached hydrogen (secondary N) is 1. The van der Waals surface area contributed by atoms with Crippen molar-refractivity contribution < 1.29 is 28.6 Å². The molecule has 0 atom stereocenters. The summed E-state index contributed by atoms with van der Waals surface area (Å²) in [5.74, 6) is -0.727. The van der Waals surface area contributed by atoms with Gasteiger partial charge in [-0.3, -0.25) is 9.36 Å². The van der Waals surface area contributed by atoms with Crippen molar-refractivity contribution >= 4 is 46.9 Å². The molecule has 10 nitrogen and oxygen atoms in total. The maximum absolute atomic E-state index is 12.7. The van der Waals surface area contributed by atoms with Crippen molar-refractivity contribution in [1.82, 2.24) is 14.8 Å². The van der Waals surface area contributed by atoms with Gasteiger partial charge in [0.25, 0.3) is 0 Å². The molecule has 3 rings (SSSR count). The topological polar surface area (TPSA) is 122 Å². The fourth-order valence-electron chi connectivity index (χ4n) is 3.05. The molecule has 0 spiro atoms. The number of carbonyl (C=O) groups is 3. The molecular weight excluding hydrogens is 508 g/mol. The summed E-state index contributed by atoms with van der Waals surface area (Å²) in [6, 6.07) is 11.2. The van der Waals surface area contributed by atoms with Crippen LogP contribution in [0, 0.1) is 0 Å². The van der Waals surface area contributed by atoms with E-state index in [0.29, 0.717) is 28.3 Å². The van der Waals surface area contributed by atoms with E-state index in [-0.39, 0.29) is 29.2 Å². The number of aromatic nitrogens is 3. The Balaban J connectivity index is 1.71. The van der Waals surface area contributed by atoms with Crippen molar-refractivity contribution in [3.8, 4) is 5.75 Å². The standard InChI is InChI=1S/C24H23ClN4O6S/c1-4-11-29-20(13-35-19-8-6-5-7-17(19)25)27-28-24(29)36-14-21(30)26-18-12-15(22(31)33-2)9-10-16(18)23(32)34-3/h4-10,12H,1,11,13-14H2,2-3H3,(H,26,30). The lowest BCUT2D eigenvalue weighted by molar-refractivity contribution is -0.113. The molecule has 3 aromatic rings. The lowest BCUT2D eigenvalue weighted by atomic mass is 10.1. The number of hydrogen-bond donors (Lipinski definition) is 1. The zero-order valence-electron chi connectivity index (χ0n) is 19.5. The van der Waals surface area contributed by atoms with Gasteiger partial charge in [-0.05, 0) is 30.3 Å². The fourth-order valence-corrected chi connectivity index (χ4v) is 4.00. The smallest absolute Gasteiger partial charge is 0.339 e. The van der Waals surface area contributed by atoms with Crippen LogP contribution in [0.2, 0.25) is 5.02 Å². The molecule has 0 aliphatic heterocycles. The molecule has 36 heavy (non-hydrogen) atoms. The molecule has 1 aromatic heterocycles. The molecule has 0 fully saturated rings. The summed E-state index contributed by atoms with van der Waals surface area (Å²) < 4.78 is 17.0. The number of anilines is 1. The highest BCUT2D eigenvalue weighted by atomic mass is 35.5. The van der Waals surface area contributed by atoms with Gasteiger partial charge in [0, 0.05) is 6.54 Å². The molecular formula is C24H23ClN4O6S. The second kappa shape index (κ2) is 12.8. The Hall–Kier alpha value is -3.83. The number of carbonyl (C=O) groups excluding carboxylic acids is 3. The first-order valence-electron chi connectivity index (χ1n) is 10.5. The summed E-state index contributed by atoms with van der Waals surface area (Å²) in [5.41, 5.74) is 0.385. The third-order valence-electron chi connectivity index (χ3n) is 4.75. The summed E-state index contributed by atoms with van der Waals surface area (Å²) in [7, 11) is 2.45. The molecule has 0 saturated heterocycles. The predicted molar refractivity (Wildman–Crippen MR) is 134 cm³/mol. The van der Waals surface area contributed by atoms with E-state index < -0.39 is 17.8 Å². The Bertz CT molecular complexity index is 1280. The summed E-state index contributed by atoms with van der Waals surface area (Å²) in [4.78, 5) is 36.7. The average molecular weight is 531 g/mol. The number of ether oxygens (including phenoxy) is 3. The van der Waals surface area contributed by atoms with Crippen molar-refractivity contribution in [3.05, 3.63) is 77.1 Å². The molecule has 0 saturated carbocycles. The predicted octanol–water partition coefficient (Wildman–Crippen LogP) is 4.00. The Kier molecular flexibility index (Phi) is 9.48. The number of benzene rings is 2. The minimum Gasteiger partial charge on any atom is -0.484 e. The second-order valence-electron chi connectivity index (χ2n) is 7.10. The van der Waals surface area contributed by atoms with Gasteiger partial charge in [0.1, 0.15) is 12.4 Å². The van der Waals surface area contributed by atoms with E-state index >= 15 is 0 Å². The average Bonchev–Trinajstić information content (AvgIpc) is 3.27. The molecule has 2 aromatic carbocycles. The van der Waals surface area contributed by atoms with Crippen LogP contribution in [0.4, 0.5) is 5.69 Å². The molecule has 0 bridgehead atoms.